The van der Waals surface area contributed by atoms with Gasteiger partial charge in [-0.1, -0.05) is 12.1 Å². The molecular weight excluding hydrogens is 334 g/mol. The molecule has 1 N–H and O–H groups in total. The topological polar surface area (TPSA) is 90.4 Å². The number of ether oxygens (including phenoxy) is 1. The van der Waals surface area contributed by atoms with Gasteiger partial charge < -0.3 is 14.7 Å². The zero-order chi connectivity index (χ0) is 17.7. The van der Waals surface area contributed by atoms with Crippen LogP contribution in [0.5, 0.6) is 5.75 Å². The van der Waals surface area contributed by atoms with Crippen LogP contribution in [0.2, 0.25) is 0 Å². The van der Waals surface area contributed by atoms with E-state index in [1.807, 2.05) is 7.05 Å². The van der Waals surface area contributed by atoms with Gasteiger partial charge in [-0.2, -0.15) is 17.0 Å². The Hall–Kier alpha value is -1.68. The summed E-state index contributed by atoms with van der Waals surface area (Å²) in [5.74, 6) is -0.522. The maximum atomic E-state index is 12.9. The van der Waals surface area contributed by atoms with E-state index >= 15 is 0 Å². The number of rotatable bonds is 6. The van der Waals surface area contributed by atoms with Crippen LogP contribution in [-0.2, 0) is 26.3 Å². The number of aromatic hydroxyl groups is 1. The lowest BCUT2D eigenvalue weighted by atomic mass is 10.2. The van der Waals surface area contributed by atoms with E-state index in [-0.39, 0.29) is 18.8 Å². The van der Waals surface area contributed by atoms with Crippen molar-refractivity contribution in [3.8, 4) is 5.75 Å². The van der Waals surface area contributed by atoms with Crippen LogP contribution in [0.25, 0.3) is 0 Å². The van der Waals surface area contributed by atoms with Crippen molar-refractivity contribution in [1.82, 2.24) is 13.5 Å². The molecule has 134 valence electrons. The van der Waals surface area contributed by atoms with Gasteiger partial charge in [-0.3, -0.25) is 4.79 Å². The average Bonchev–Trinajstić information content (AvgIpc) is 2.56. The van der Waals surface area contributed by atoms with Crippen LogP contribution in [0.1, 0.15) is 5.56 Å². The Morgan fingerprint density at radius 1 is 1.21 bits per heavy atom. The van der Waals surface area contributed by atoms with Crippen molar-refractivity contribution in [2.24, 2.45) is 0 Å². The summed E-state index contributed by atoms with van der Waals surface area (Å²) in [7, 11) is -0.622. The minimum absolute atomic E-state index is 0.0318. The highest BCUT2D eigenvalue weighted by Gasteiger charge is 2.33. The van der Waals surface area contributed by atoms with E-state index < -0.39 is 16.2 Å². The lowest BCUT2D eigenvalue weighted by molar-refractivity contribution is -0.140. The Balaban J connectivity index is 2.20. The van der Waals surface area contributed by atoms with E-state index in [2.05, 4.69) is 9.64 Å². The van der Waals surface area contributed by atoms with Crippen LogP contribution >= 0.6 is 0 Å². The average molecular weight is 357 g/mol. The molecule has 8 nitrogen and oxygen atoms in total. The number of hydrogen-bond acceptors (Lipinski definition) is 6. The standard InChI is InChI=1S/C15H23N3O5S/c1-16-7-9-17(10-8-16)24(21,22)18(12-15(20)23-2)11-13-3-5-14(19)6-4-13/h3-6,19H,7-12H2,1-2H3. The highest BCUT2D eigenvalue weighted by molar-refractivity contribution is 7.86. The molecule has 1 heterocycles. The van der Waals surface area contributed by atoms with E-state index in [0.717, 1.165) is 4.31 Å². The molecule has 1 aromatic rings. The van der Waals surface area contributed by atoms with Gasteiger partial charge in [0, 0.05) is 32.7 Å². The fourth-order valence-electron chi connectivity index (χ4n) is 2.41. The van der Waals surface area contributed by atoms with Gasteiger partial charge in [0.1, 0.15) is 12.3 Å². The van der Waals surface area contributed by atoms with E-state index in [1.54, 1.807) is 12.1 Å². The van der Waals surface area contributed by atoms with E-state index in [1.165, 1.54) is 23.5 Å². The van der Waals surface area contributed by atoms with Gasteiger partial charge in [0.05, 0.1) is 7.11 Å². The first-order chi connectivity index (χ1) is 11.3. The molecule has 0 amide bonds. The van der Waals surface area contributed by atoms with E-state index in [0.29, 0.717) is 31.7 Å². The van der Waals surface area contributed by atoms with Crippen LogP contribution in [0.3, 0.4) is 0 Å². The van der Waals surface area contributed by atoms with Crippen molar-refractivity contribution in [3.05, 3.63) is 29.8 Å². The van der Waals surface area contributed by atoms with Crippen LogP contribution in [-0.4, -0.2) is 79.9 Å². The first-order valence-corrected chi connectivity index (χ1v) is 9.01. The molecule has 0 aromatic heterocycles. The summed E-state index contributed by atoms with van der Waals surface area (Å²) in [5, 5.41) is 9.34. The molecule has 24 heavy (non-hydrogen) atoms. The number of phenolic OH excluding ortho intramolecular Hbond substituents is 1. The SMILES string of the molecule is COC(=O)CN(Cc1ccc(O)cc1)S(=O)(=O)N1CCN(C)CC1. The van der Waals surface area contributed by atoms with Gasteiger partial charge in [-0.05, 0) is 24.7 Å². The van der Waals surface area contributed by atoms with Crippen LogP contribution in [0.4, 0.5) is 0 Å². The highest BCUT2D eigenvalue weighted by Crippen LogP contribution is 2.17. The quantitative estimate of drug-likeness (QED) is 0.713. The fraction of sp³-hybridized carbons (Fsp3) is 0.533. The normalized spacial score (nSPS) is 17.1. The molecule has 1 saturated heterocycles. The first kappa shape index (κ1) is 18.7. The van der Waals surface area contributed by atoms with Crippen molar-refractivity contribution in [2.45, 2.75) is 6.54 Å². The summed E-state index contributed by atoms with van der Waals surface area (Å²) < 4.78 is 32.9. The molecule has 0 bridgehead atoms. The molecule has 0 unspecified atom stereocenters. The summed E-state index contributed by atoms with van der Waals surface area (Å²) in [5.41, 5.74) is 0.675. The zero-order valence-corrected chi connectivity index (χ0v) is 14.7. The number of piperazine rings is 1. The summed E-state index contributed by atoms with van der Waals surface area (Å²) in [4.78, 5) is 13.7. The van der Waals surface area contributed by atoms with Crippen LogP contribution in [0, 0.1) is 0 Å². The molecule has 0 atom stereocenters. The number of esters is 1. The minimum atomic E-state index is -3.78. The molecule has 2 rings (SSSR count). The van der Waals surface area contributed by atoms with Crippen molar-refractivity contribution in [1.29, 1.82) is 0 Å². The van der Waals surface area contributed by atoms with Crippen LogP contribution < -0.4 is 0 Å². The number of carbonyl (C=O) groups is 1. The second-order valence-corrected chi connectivity index (χ2v) is 7.65. The fourth-order valence-corrected chi connectivity index (χ4v) is 3.95. The first-order valence-electron chi connectivity index (χ1n) is 7.61. The maximum absolute atomic E-state index is 12.9. The molecule has 0 saturated carbocycles. The van der Waals surface area contributed by atoms with Crippen molar-refractivity contribution in [2.75, 3.05) is 46.9 Å². The maximum Gasteiger partial charge on any atom is 0.321 e. The summed E-state index contributed by atoms with van der Waals surface area (Å²) >= 11 is 0. The second kappa shape index (κ2) is 7.93. The molecule has 1 fully saturated rings. The van der Waals surface area contributed by atoms with Crippen molar-refractivity contribution < 1.29 is 23.1 Å². The lowest BCUT2D eigenvalue weighted by Gasteiger charge is -2.35. The Morgan fingerprint density at radius 2 is 1.79 bits per heavy atom. The third-order valence-electron chi connectivity index (χ3n) is 3.94. The summed E-state index contributed by atoms with van der Waals surface area (Å²) in [6, 6.07) is 6.21. The van der Waals surface area contributed by atoms with Crippen molar-refractivity contribution >= 4 is 16.2 Å². The molecule has 0 spiro atoms. The number of benzene rings is 1. The number of hydrogen-bond donors (Lipinski definition) is 1. The van der Waals surface area contributed by atoms with E-state index in [4.69, 9.17) is 0 Å². The van der Waals surface area contributed by atoms with Gasteiger partial charge in [0.2, 0.25) is 0 Å². The predicted octanol–water partition coefficient (Wildman–Crippen LogP) is -0.141. The van der Waals surface area contributed by atoms with Gasteiger partial charge in [0.25, 0.3) is 10.2 Å². The third kappa shape index (κ3) is 4.67. The second-order valence-electron chi connectivity index (χ2n) is 5.72. The van der Waals surface area contributed by atoms with Crippen LogP contribution in [0.15, 0.2) is 24.3 Å². The number of likely N-dealkylation sites (N-methyl/N-ethyl adjacent to an activating group) is 1. The molecule has 0 aliphatic carbocycles. The van der Waals surface area contributed by atoms with Gasteiger partial charge in [-0.15, -0.1) is 0 Å². The minimum Gasteiger partial charge on any atom is -0.508 e. The summed E-state index contributed by atoms with van der Waals surface area (Å²) in [6.45, 7) is 1.73. The molecular formula is C15H23N3O5S. The number of carbonyl (C=O) groups excluding carboxylic acids is 1. The molecule has 0 radical (unpaired) electrons. The van der Waals surface area contributed by atoms with Gasteiger partial charge in [0.15, 0.2) is 0 Å². The van der Waals surface area contributed by atoms with Crippen molar-refractivity contribution in [3.63, 3.8) is 0 Å². The number of phenols is 1. The lowest BCUT2D eigenvalue weighted by Crippen LogP contribution is -2.52. The Bertz CT molecular complexity index is 654. The molecule has 1 aliphatic rings. The number of nitrogens with zero attached hydrogens (tertiary/aromatic N) is 3. The summed E-state index contributed by atoms with van der Waals surface area (Å²) in [6.07, 6.45) is 0. The molecule has 9 heteroatoms. The predicted molar refractivity (Wildman–Crippen MR) is 88.5 cm³/mol. The third-order valence-corrected chi connectivity index (χ3v) is 5.87. The van der Waals surface area contributed by atoms with E-state index in [9.17, 15) is 18.3 Å². The Kier molecular flexibility index (Phi) is 6.16. The zero-order valence-electron chi connectivity index (χ0n) is 13.9. The smallest absolute Gasteiger partial charge is 0.321 e. The molecule has 1 aromatic carbocycles. The monoisotopic (exact) mass is 357 g/mol. The highest BCUT2D eigenvalue weighted by atomic mass is 32.2. The number of methoxy groups -OCH3 is 1. The van der Waals surface area contributed by atoms with Gasteiger partial charge >= 0.3 is 5.97 Å². The van der Waals surface area contributed by atoms with Gasteiger partial charge in [-0.25, -0.2) is 0 Å². The Labute approximate surface area is 142 Å². The molecule has 1 aliphatic heterocycles. The Morgan fingerprint density at radius 3 is 2.33 bits per heavy atom. The largest absolute Gasteiger partial charge is 0.508 e.